The number of hydrogen-bond donors (Lipinski definition) is 3. The van der Waals surface area contributed by atoms with E-state index in [4.69, 9.17) is 0 Å². The van der Waals surface area contributed by atoms with Crippen LogP contribution in [0, 0.1) is 6.92 Å². The number of amides is 1. The number of H-pyrrole nitrogens is 1. The van der Waals surface area contributed by atoms with Crippen molar-refractivity contribution < 1.29 is 4.79 Å². The van der Waals surface area contributed by atoms with Gasteiger partial charge in [-0.1, -0.05) is 0 Å². The summed E-state index contributed by atoms with van der Waals surface area (Å²) in [6.07, 6.45) is 0. The zero-order chi connectivity index (χ0) is 12.1. The van der Waals surface area contributed by atoms with Crippen molar-refractivity contribution in [1.82, 2.24) is 10.3 Å². The first-order chi connectivity index (χ1) is 7.54. The summed E-state index contributed by atoms with van der Waals surface area (Å²) in [6.45, 7) is 6.16. The number of aromatic nitrogens is 1. The SMILES string of the molecule is CCNc1[nH]c(C)cc(=O)c1CNC(C)=O. The molecule has 16 heavy (non-hydrogen) atoms. The van der Waals surface area contributed by atoms with Crippen molar-refractivity contribution in [3.8, 4) is 0 Å². The maximum atomic E-state index is 11.7. The van der Waals surface area contributed by atoms with E-state index >= 15 is 0 Å². The van der Waals surface area contributed by atoms with Crippen LogP contribution in [0.3, 0.4) is 0 Å². The molecule has 0 aliphatic heterocycles. The van der Waals surface area contributed by atoms with E-state index in [0.29, 0.717) is 17.9 Å². The van der Waals surface area contributed by atoms with Crippen LogP contribution in [0.1, 0.15) is 25.1 Å². The van der Waals surface area contributed by atoms with Gasteiger partial charge in [0.15, 0.2) is 5.43 Å². The Morgan fingerprint density at radius 3 is 2.75 bits per heavy atom. The van der Waals surface area contributed by atoms with Crippen LogP contribution in [0.2, 0.25) is 0 Å². The van der Waals surface area contributed by atoms with Gasteiger partial charge < -0.3 is 15.6 Å². The Bertz CT molecular complexity index is 437. The van der Waals surface area contributed by atoms with Crippen LogP contribution >= 0.6 is 0 Å². The lowest BCUT2D eigenvalue weighted by Crippen LogP contribution is -2.25. The first-order valence-corrected chi connectivity index (χ1v) is 5.25. The van der Waals surface area contributed by atoms with Crippen molar-refractivity contribution in [2.24, 2.45) is 0 Å². The number of carbonyl (C=O) groups is 1. The smallest absolute Gasteiger partial charge is 0.217 e. The molecule has 5 nitrogen and oxygen atoms in total. The third kappa shape index (κ3) is 3.12. The van der Waals surface area contributed by atoms with Crippen LogP contribution in [0.15, 0.2) is 10.9 Å². The Kier molecular flexibility index (Phi) is 4.10. The molecule has 0 aliphatic carbocycles. The maximum absolute atomic E-state index is 11.7. The molecule has 1 heterocycles. The molecule has 0 bridgehead atoms. The Morgan fingerprint density at radius 2 is 2.19 bits per heavy atom. The van der Waals surface area contributed by atoms with Crippen LogP contribution in [-0.2, 0) is 11.3 Å². The highest BCUT2D eigenvalue weighted by atomic mass is 16.1. The van der Waals surface area contributed by atoms with E-state index in [1.54, 1.807) is 0 Å². The lowest BCUT2D eigenvalue weighted by Gasteiger charge is -2.11. The van der Waals surface area contributed by atoms with E-state index in [2.05, 4.69) is 15.6 Å². The summed E-state index contributed by atoms with van der Waals surface area (Å²) in [7, 11) is 0. The number of anilines is 1. The minimum Gasteiger partial charge on any atom is -0.372 e. The van der Waals surface area contributed by atoms with Gasteiger partial charge in [0.1, 0.15) is 5.82 Å². The molecule has 88 valence electrons. The Labute approximate surface area is 94.3 Å². The molecule has 3 N–H and O–H groups in total. The molecule has 1 aromatic heterocycles. The monoisotopic (exact) mass is 223 g/mol. The Morgan fingerprint density at radius 1 is 1.50 bits per heavy atom. The molecule has 0 unspecified atom stereocenters. The molecule has 1 aromatic rings. The number of nitrogens with one attached hydrogen (secondary N) is 3. The van der Waals surface area contributed by atoms with Gasteiger partial charge in [-0.15, -0.1) is 0 Å². The number of carbonyl (C=O) groups excluding carboxylic acids is 1. The molecule has 0 atom stereocenters. The first-order valence-electron chi connectivity index (χ1n) is 5.25. The lowest BCUT2D eigenvalue weighted by molar-refractivity contribution is -0.119. The summed E-state index contributed by atoms with van der Waals surface area (Å²) in [6, 6.07) is 1.53. The molecule has 0 saturated heterocycles. The second kappa shape index (κ2) is 5.34. The normalized spacial score (nSPS) is 9.94. The molecular formula is C11H17N3O2. The van der Waals surface area contributed by atoms with Gasteiger partial charge >= 0.3 is 0 Å². The predicted molar refractivity (Wildman–Crippen MR) is 63.5 cm³/mol. The number of aromatic amines is 1. The molecule has 1 amide bonds. The lowest BCUT2D eigenvalue weighted by atomic mass is 10.2. The van der Waals surface area contributed by atoms with Crippen molar-refractivity contribution in [1.29, 1.82) is 0 Å². The number of rotatable bonds is 4. The molecule has 0 saturated carbocycles. The zero-order valence-corrected chi connectivity index (χ0v) is 9.81. The highest BCUT2D eigenvalue weighted by Crippen LogP contribution is 2.08. The van der Waals surface area contributed by atoms with Crippen LogP contribution in [0.4, 0.5) is 5.82 Å². The van der Waals surface area contributed by atoms with E-state index in [9.17, 15) is 9.59 Å². The summed E-state index contributed by atoms with van der Waals surface area (Å²) < 4.78 is 0. The number of hydrogen-bond acceptors (Lipinski definition) is 3. The van der Waals surface area contributed by atoms with E-state index in [-0.39, 0.29) is 17.9 Å². The van der Waals surface area contributed by atoms with Crippen molar-refractivity contribution in [2.75, 3.05) is 11.9 Å². The largest absolute Gasteiger partial charge is 0.372 e. The maximum Gasteiger partial charge on any atom is 0.217 e. The van der Waals surface area contributed by atoms with Crippen LogP contribution < -0.4 is 16.1 Å². The number of aryl methyl sites for hydroxylation is 1. The summed E-state index contributed by atoms with van der Waals surface area (Å²) in [5, 5.41) is 5.70. The third-order valence-corrected chi connectivity index (χ3v) is 2.14. The van der Waals surface area contributed by atoms with E-state index < -0.39 is 0 Å². The van der Waals surface area contributed by atoms with Crippen LogP contribution in [0.5, 0.6) is 0 Å². The van der Waals surface area contributed by atoms with Gasteiger partial charge in [-0.25, -0.2) is 0 Å². The Hall–Kier alpha value is -1.78. The average Bonchev–Trinajstić information content (AvgIpc) is 2.16. The van der Waals surface area contributed by atoms with Gasteiger partial charge in [0.25, 0.3) is 0 Å². The van der Waals surface area contributed by atoms with E-state index in [0.717, 1.165) is 5.69 Å². The standard InChI is InChI=1S/C11H17N3O2/c1-4-12-11-9(6-13-8(3)15)10(16)5-7(2)14-11/h5H,4,6H2,1-3H3,(H,13,15)(H2,12,14,16). The fraction of sp³-hybridized carbons (Fsp3) is 0.455. The van der Waals surface area contributed by atoms with Gasteiger partial charge in [-0.2, -0.15) is 0 Å². The highest BCUT2D eigenvalue weighted by molar-refractivity contribution is 5.73. The van der Waals surface area contributed by atoms with Crippen molar-refractivity contribution >= 4 is 11.7 Å². The summed E-state index contributed by atoms with van der Waals surface area (Å²) in [5.74, 6) is 0.531. The molecule has 0 aromatic carbocycles. The predicted octanol–water partition coefficient (Wildman–Crippen LogP) is 0.751. The minimum absolute atomic E-state index is 0.0686. The highest BCUT2D eigenvalue weighted by Gasteiger charge is 2.08. The fourth-order valence-electron chi connectivity index (χ4n) is 1.43. The van der Waals surface area contributed by atoms with Gasteiger partial charge in [-0.05, 0) is 13.8 Å². The zero-order valence-electron chi connectivity index (χ0n) is 9.81. The second-order valence-corrected chi connectivity index (χ2v) is 3.61. The minimum atomic E-state index is -0.151. The first kappa shape index (κ1) is 12.3. The number of pyridine rings is 1. The summed E-state index contributed by atoms with van der Waals surface area (Å²) >= 11 is 0. The van der Waals surface area contributed by atoms with Crippen LogP contribution in [-0.4, -0.2) is 17.4 Å². The fourth-order valence-corrected chi connectivity index (χ4v) is 1.43. The van der Waals surface area contributed by atoms with Crippen LogP contribution in [0.25, 0.3) is 0 Å². The Balaban J connectivity index is 3.03. The third-order valence-electron chi connectivity index (χ3n) is 2.14. The van der Waals surface area contributed by atoms with Crippen molar-refractivity contribution in [3.05, 3.63) is 27.5 Å². The van der Waals surface area contributed by atoms with Gasteiger partial charge in [0, 0.05) is 25.2 Å². The topological polar surface area (TPSA) is 74.0 Å². The van der Waals surface area contributed by atoms with E-state index in [1.165, 1.54) is 13.0 Å². The summed E-state index contributed by atoms with van der Waals surface area (Å²) in [5.41, 5.74) is 1.29. The van der Waals surface area contributed by atoms with E-state index in [1.807, 2.05) is 13.8 Å². The molecule has 0 radical (unpaired) electrons. The van der Waals surface area contributed by atoms with Gasteiger partial charge in [0.05, 0.1) is 12.1 Å². The molecule has 0 aliphatic rings. The van der Waals surface area contributed by atoms with Gasteiger partial charge in [-0.3, -0.25) is 9.59 Å². The molecular weight excluding hydrogens is 206 g/mol. The molecule has 1 rings (SSSR count). The quantitative estimate of drug-likeness (QED) is 0.705. The second-order valence-electron chi connectivity index (χ2n) is 3.61. The van der Waals surface area contributed by atoms with Crippen molar-refractivity contribution in [3.63, 3.8) is 0 Å². The van der Waals surface area contributed by atoms with Gasteiger partial charge in [0.2, 0.25) is 5.91 Å². The summed E-state index contributed by atoms with van der Waals surface area (Å²) in [4.78, 5) is 25.6. The molecule has 0 spiro atoms. The molecule has 5 heteroatoms. The molecule has 0 fully saturated rings. The van der Waals surface area contributed by atoms with Crippen molar-refractivity contribution in [2.45, 2.75) is 27.3 Å². The average molecular weight is 223 g/mol.